The number of hydrogen-bond acceptors (Lipinski definition) is 4. The van der Waals surface area contributed by atoms with Crippen LogP contribution in [0.4, 0.5) is 20.2 Å². The van der Waals surface area contributed by atoms with Crippen molar-refractivity contribution in [2.45, 2.75) is 19.4 Å². The molecule has 0 bridgehead atoms. The molecule has 1 fully saturated rings. The van der Waals surface area contributed by atoms with E-state index in [0.717, 1.165) is 6.42 Å². The van der Waals surface area contributed by atoms with E-state index < -0.39 is 39.9 Å². The molecule has 2 unspecified atom stereocenters. The van der Waals surface area contributed by atoms with E-state index in [0.29, 0.717) is 18.7 Å². The number of nitrogens with one attached hydrogen (secondary N) is 2. The first-order valence-corrected chi connectivity index (χ1v) is 6.08. The molecular formula is C12H13F2N3O3. The summed E-state index contributed by atoms with van der Waals surface area (Å²) in [4.78, 5) is 21.6. The Morgan fingerprint density at radius 2 is 2.15 bits per heavy atom. The predicted molar refractivity (Wildman–Crippen MR) is 67.2 cm³/mol. The molecule has 108 valence electrons. The van der Waals surface area contributed by atoms with Crippen LogP contribution in [0.25, 0.3) is 0 Å². The van der Waals surface area contributed by atoms with Crippen LogP contribution in [0, 0.1) is 27.7 Å². The smallest absolute Gasteiger partial charge is 0.307 e. The van der Waals surface area contributed by atoms with Gasteiger partial charge >= 0.3 is 5.69 Å². The van der Waals surface area contributed by atoms with Crippen LogP contribution in [0.2, 0.25) is 0 Å². The van der Waals surface area contributed by atoms with Gasteiger partial charge in [0.2, 0.25) is 11.7 Å². The van der Waals surface area contributed by atoms with Crippen LogP contribution in [0.5, 0.6) is 0 Å². The Labute approximate surface area is 113 Å². The van der Waals surface area contributed by atoms with Gasteiger partial charge in [0.15, 0.2) is 0 Å². The molecule has 1 aromatic rings. The fourth-order valence-electron chi connectivity index (χ4n) is 2.17. The molecule has 2 N–H and O–H groups in total. The predicted octanol–water partition coefficient (Wildman–Crippen LogP) is 1.81. The third-order valence-corrected chi connectivity index (χ3v) is 3.31. The number of carbonyl (C=O) groups excluding carboxylic acids is 1. The van der Waals surface area contributed by atoms with Crippen molar-refractivity contribution in [1.29, 1.82) is 0 Å². The van der Waals surface area contributed by atoms with Crippen molar-refractivity contribution in [2.75, 3.05) is 11.9 Å². The van der Waals surface area contributed by atoms with Crippen LogP contribution in [-0.4, -0.2) is 23.4 Å². The van der Waals surface area contributed by atoms with Crippen molar-refractivity contribution in [2.24, 2.45) is 5.92 Å². The van der Waals surface area contributed by atoms with E-state index in [2.05, 4.69) is 10.6 Å². The summed E-state index contributed by atoms with van der Waals surface area (Å²) in [5.41, 5.74) is -1.28. The van der Waals surface area contributed by atoms with Crippen molar-refractivity contribution < 1.29 is 18.5 Å². The van der Waals surface area contributed by atoms with Gasteiger partial charge in [0.05, 0.1) is 16.7 Å². The maximum absolute atomic E-state index is 13.5. The molecule has 2 rings (SSSR count). The van der Waals surface area contributed by atoms with E-state index in [9.17, 15) is 23.7 Å². The minimum absolute atomic E-state index is 0.0773. The van der Waals surface area contributed by atoms with Crippen molar-refractivity contribution in [3.8, 4) is 0 Å². The molecule has 0 aromatic heterocycles. The summed E-state index contributed by atoms with van der Waals surface area (Å²) in [5, 5.41) is 15.8. The number of amides is 1. The average molecular weight is 285 g/mol. The normalized spacial score (nSPS) is 21.8. The monoisotopic (exact) mass is 285 g/mol. The van der Waals surface area contributed by atoms with Gasteiger partial charge in [-0.1, -0.05) is 6.92 Å². The first kappa shape index (κ1) is 14.3. The second-order valence-electron chi connectivity index (χ2n) is 4.73. The number of halogens is 2. The van der Waals surface area contributed by atoms with E-state index in [4.69, 9.17) is 0 Å². The fourth-order valence-corrected chi connectivity index (χ4v) is 2.17. The molecule has 0 saturated carbocycles. The summed E-state index contributed by atoms with van der Waals surface area (Å²) in [5.74, 6) is -2.74. The van der Waals surface area contributed by atoms with Gasteiger partial charge in [0.1, 0.15) is 5.82 Å². The number of nitro groups is 1. The molecule has 0 aliphatic carbocycles. The Morgan fingerprint density at radius 3 is 2.70 bits per heavy atom. The van der Waals surface area contributed by atoms with E-state index in [-0.39, 0.29) is 5.92 Å². The molecule has 20 heavy (non-hydrogen) atoms. The van der Waals surface area contributed by atoms with E-state index in [1.807, 2.05) is 6.92 Å². The lowest BCUT2D eigenvalue weighted by atomic mass is 10.0. The highest BCUT2D eigenvalue weighted by Crippen LogP contribution is 2.26. The number of anilines is 1. The Morgan fingerprint density at radius 1 is 1.45 bits per heavy atom. The van der Waals surface area contributed by atoms with E-state index >= 15 is 0 Å². The molecule has 0 spiro atoms. The number of carbonyl (C=O) groups is 1. The zero-order valence-electron chi connectivity index (χ0n) is 10.7. The molecule has 1 amide bonds. The molecule has 1 aliphatic rings. The fraction of sp³-hybridized carbons (Fsp3) is 0.417. The standard InChI is InChI=1S/C12H13F2N3O3/c1-6-2-3-15-11(6)12(18)16-9-5-10(17(19)20)8(14)4-7(9)13/h4-6,11,15H,2-3H2,1H3,(H,16,18). The third kappa shape index (κ3) is 2.74. The van der Waals surface area contributed by atoms with Crippen LogP contribution in [0.15, 0.2) is 12.1 Å². The van der Waals surface area contributed by atoms with Gasteiger partial charge in [-0.05, 0) is 18.9 Å². The molecule has 2 atom stereocenters. The van der Waals surface area contributed by atoms with Gasteiger partial charge in [-0.2, -0.15) is 4.39 Å². The minimum atomic E-state index is -1.28. The number of nitrogens with zero attached hydrogens (tertiary/aromatic N) is 1. The molecular weight excluding hydrogens is 272 g/mol. The lowest BCUT2D eigenvalue weighted by Gasteiger charge is -2.15. The number of nitro benzene ring substituents is 1. The van der Waals surface area contributed by atoms with Crippen molar-refractivity contribution in [3.05, 3.63) is 33.9 Å². The highest BCUT2D eigenvalue weighted by atomic mass is 19.1. The third-order valence-electron chi connectivity index (χ3n) is 3.31. The van der Waals surface area contributed by atoms with E-state index in [1.165, 1.54) is 0 Å². The zero-order chi connectivity index (χ0) is 14.9. The highest BCUT2D eigenvalue weighted by molar-refractivity contribution is 5.95. The Kier molecular flexibility index (Phi) is 3.93. The summed E-state index contributed by atoms with van der Waals surface area (Å²) in [6, 6.07) is 0.583. The van der Waals surface area contributed by atoms with Gasteiger partial charge in [-0.15, -0.1) is 0 Å². The van der Waals surface area contributed by atoms with Crippen LogP contribution in [0.1, 0.15) is 13.3 Å². The number of benzene rings is 1. The maximum atomic E-state index is 13.5. The summed E-state index contributed by atoms with van der Waals surface area (Å²) in [6.45, 7) is 2.54. The lowest BCUT2D eigenvalue weighted by Crippen LogP contribution is -2.39. The van der Waals surface area contributed by atoms with Crippen LogP contribution >= 0.6 is 0 Å². The topological polar surface area (TPSA) is 84.3 Å². The quantitative estimate of drug-likeness (QED) is 0.655. The lowest BCUT2D eigenvalue weighted by molar-refractivity contribution is -0.387. The zero-order valence-corrected chi connectivity index (χ0v) is 10.7. The summed E-state index contributed by atoms with van der Waals surface area (Å²) in [6.07, 6.45) is 0.810. The first-order chi connectivity index (χ1) is 9.40. The van der Waals surface area contributed by atoms with Crippen LogP contribution < -0.4 is 10.6 Å². The second kappa shape index (κ2) is 5.49. The molecule has 0 radical (unpaired) electrons. The molecule has 1 heterocycles. The molecule has 1 aromatic carbocycles. The SMILES string of the molecule is CC1CCNC1C(=O)Nc1cc([N+](=O)[O-])c(F)cc1F. The van der Waals surface area contributed by atoms with Gasteiger partial charge in [0.25, 0.3) is 0 Å². The maximum Gasteiger partial charge on any atom is 0.307 e. The minimum Gasteiger partial charge on any atom is -0.322 e. The van der Waals surface area contributed by atoms with Gasteiger partial charge in [-0.3, -0.25) is 14.9 Å². The molecule has 1 saturated heterocycles. The Bertz CT molecular complexity index is 565. The van der Waals surface area contributed by atoms with Gasteiger partial charge < -0.3 is 10.6 Å². The molecule has 8 heteroatoms. The number of hydrogen-bond donors (Lipinski definition) is 2. The summed E-state index contributed by atoms with van der Waals surface area (Å²) < 4.78 is 26.7. The average Bonchev–Trinajstić information content (AvgIpc) is 2.78. The van der Waals surface area contributed by atoms with Crippen LogP contribution in [-0.2, 0) is 4.79 Å². The molecule has 6 nitrogen and oxygen atoms in total. The van der Waals surface area contributed by atoms with Gasteiger partial charge in [-0.25, -0.2) is 4.39 Å². The molecule has 1 aliphatic heterocycles. The van der Waals surface area contributed by atoms with Crippen molar-refractivity contribution in [1.82, 2.24) is 5.32 Å². The Balaban J connectivity index is 2.22. The number of rotatable bonds is 3. The van der Waals surface area contributed by atoms with E-state index in [1.54, 1.807) is 0 Å². The van der Waals surface area contributed by atoms with Crippen molar-refractivity contribution >= 4 is 17.3 Å². The van der Waals surface area contributed by atoms with Crippen LogP contribution in [0.3, 0.4) is 0 Å². The summed E-state index contributed by atoms with van der Waals surface area (Å²) >= 11 is 0. The largest absolute Gasteiger partial charge is 0.322 e. The van der Waals surface area contributed by atoms with Gasteiger partial charge in [0, 0.05) is 12.1 Å². The highest BCUT2D eigenvalue weighted by Gasteiger charge is 2.30. The Hall–Kier alpha value is -2.09. The first-order valence-electron chi connectivity index (χ1n) is 6.08. The summed E-state index contributed by atoms with van der Waals surface area (Å²) in [7, 11) is 0. The second-order valence-corrected chi connectivity index (χ2v) is 4.73. The van der Waals surface area contributed by atoms with Crippen molar-refractivity contribution in [3.63, 3.8) is 0 Å².